The number of aryl methyl sites for hydroxylation is 1. The summed E-state index contributed by atoms with van der Waals surface area (Å²) in [7, 11) is -3.40. The van der Waals surface area contributed by atoms with E-state index >= 15 is 0 Å². The van der Waals surface area contributed by atoms with Crippen molar-refractivity contribution in [1.29, 1.82) is 0 Å². The van der Waals surface area contributed by atoms with Crippen LogP contribution in [0.5, 0.6) is 0 Å². The van der Waals surface area contributed by atoms with Crippen LogP contribution in [0.25, 0.3) is 0 Å². The second-order valence-corrected chi connectivity index (χ2v) is 8.83. The molecule has 0 amide bonds. The van der Waals surface area contributed by atoms with Gasteiger partial charge in [-0.1, -0.05) is 59.6 Å². The Bertz CT molecular complexity index is 495. The van der Waals surface area contributed by atoms with Crippen molar-refractivity contribution >= 4 is 25.8 Å². The second-order valence-electron chi connectivity index (χ2n) is 4.36. The van der Waals surface area contributed by atoms with E-state index in [0.717, 1.165) is 5.56 Å². The largest absolute Gasteiger partial charge is 0.386 e. The highest BCUT2D eigenvalue weighted by Gasteiger charge is 2.45. The first kappa shape index (κ1) is 15.7. The van der Waals surface area contributed by atoms with E-state index in [0.29, 0.717) is 12.0 Å². The van der Waals surface area contributed by atoms with E-state index in [2.05, 4.69) is 15.9 Å². The summed E-state index contributed by atoms with van der Waals surface area (Å²) < 4.78 is 22.9. The molecular weight excluding hydrogens is 316 g/mol. The first-order valence-corrected chi connectivity index (χ1v) is 8.39. The Hall–Kier alpha value is -0.390. The summed E-state index contributed by atoms with van der Waals surface area (Å²) in [5.41, 5.74) is 1.68. The van der Waals surface area contributed by atoms with Gasteiger partial charge in [0.2, 0.25) is 0 Å². The van der Waals surface area contributed by atoms with E-state index in [1.165, 1.54) is 0 Å². The van der Waals surface area contributed by atoms with Crippen LogP contribution in [0.1, 0.15) is 37.5 Å². The summed E-state index contributed by atoms with van der Waals surface area (Å²) >= 11 is 3.25. The van der Waals surface area contributed by atoms with E-state index in [-0.39, 0.29) is 5.75 Å². The van der Waals surface area contributed by atoms with Gasteiger partial charge in [-0.3, -0.25) is 0 Å². The van der Waals surface area contributed by atoms with Gasteiger partial charge in [0.05, 0.1) is 0 Å². The average Bonchev–Trinajstić information content (AvgIpc) is 2.37. The number of benzene rings is 1. The van der Waals surface area contributed by atoms with Gasteiger partial charge in [-0.2, -0.15) is 0 Å². The molecule has 0 aliphatic rings. The fourth-order valence-electron chi connectivity index (χ4n) is 1.82. The fourth-order valence-corrected chi connectivity index (χ4v) is 4.17. The molecule has 0 aliphatic heterocycles. The number of aliphatic hydroxyl groups excluding tert-OH is 1. The summed E-state index contributed by atoms with van der Waals surface area (Å²) in [4.78, 5) is 0. The molecule has 1 rings (SSSR count). The first-order valence-electron chi connectivity index (χ1n) is 5.94. The number of hydrogen-bond donors (Lipinski definition) is 1. The van der Waals surface area contributed by atoms with Crippen LogP contribution in [-0.4, -0.2) is 22.9 Å². The van der Waals surface area contributed by atoms with Crippen molar-refractivity contribution in [2.75, 3.05) is 5.75 Å². The minimum Gasteiger partial charge on any atom is -0.386 e. The number of alkyl halides is 1. The third-order valence-corrected chi connectivity index (χ3v) is 7.96. The van der Waals surface area contributed by atoms with E-state index in [4.69, 9.17) is 0 Å². The lowest BCUT2D eigenvalue weighted by atomic mass is 10.0. The Morgan fingerprint density at radius 1 is 1.28 bits per heavy atom. The molecule has 0 unspecified atom stereocenters. The third-order valence-electron chi connectivity index (χ3n) is 3.18. The second kappa shape index (κ2) is 5.72. The standard InChI is InChI=1S/C13H19BrO3S/c1-4-13(14,18(16,17)5-2)12(15)11-8-6-10(3)7-9-11/h6-9,12,15H,4-5H2,1-3H3/t12-,13+/m0/s1. The van der Waals surface area contributed by atoms with Crippen LogP contribution in [-0.2, 0) is 9.84 Å². The lowest BCUT2D eigenvalue weighted by molar-refractivity contribution is 0.160. The van der Waals surface area contributed by atoms with E-state index in [9.17, 15) is 13.5 Å². The van der Waals surface area contributed by atoms with Crippen LogP contribution in [0.3, 0.4) is 0 Å². The fraction of sp³-hybridized carbons (Fsp3) is 0.538. The zero-order chi connectivity index (χ0) is 14.0. The van der Waals surface area contributed by atoms with Crippen LogP contribution in [0.2, 0.25) is 0 Å². The minimum atomic E-state index is -3.40. The van der Waals surface area contributed by atoms with Gasteiger partial charge >= 0.3 is 0 Å². The molecule has 18 heavy (non-hydrogen) atoms. The van der Waals surface area contributed by atoms with Crippen LogP contribution >= 0.6 is 15.9 Å². The van der Waals surface area contributed by atoms with Crippen LogP contribution in [0, 0.1) is 6.92 Å². The zero-order valence-electron chi connectivity index (χ0n) is 10.9. The Morgan fingerprint density at radius 2 is 1.78 bits per heavy atom. The van der Waals surface area contributed by atoms with Crippen molar-refractivity contribution in [2.24, 2.45) is 0 Å². The summed E-state index contributed by atoms with van der Waals surface area (Å²) in [5.74, 6) is -0.00495. The highest BCUT2D eigenvalue weighted by atomic mass is 79.9. The van der Waals surface area contributed by atoms with Crippen LogP contribution < -0.4 is 0 Å². The van der Waals surface area contributed by atoms with Crippen molar-refractivity contribution < 1.29 is 13.5 Å². The quantitative estimate of drug-likeness (QED) is 0.842. The first-order chi connectivity index (χ1) is 8.28. The molecule has 0 saturated carbocycles. The molecule has 3 nitrogen and oxygen atoms in total. The normalized spacial score (nSPS) is 17.2. The molecule has 5 heteroatoms. The molecule has 0 bridgehead atoms. The van der Waals surface area contributed by atoms with E-state index in [1.807, 2.05) is 19.1 Å². The third kappa shape index (κ3) is 2.78. The molecule has 0 saturated heterocycles. The van der Waals surface area contributed by atoms with Crippen molar-refractivity contribution in [3.05, 3.63) is 35.4 Å². The number of hydrogen-bond acceptors (Lipinski definition) is 3. The SMILES string of the molecule is CC[C@](Br)([C@@H](O)c1ccc(C)cc1)S(=O)(=O)CC. The minimum absolute atomic E-state index is 0.00495. The molecule has 0 heterocycles. The van der Waals surface area contributed by atoms with Crippen LogP contribution in [0.15, 0.2) is 24.3 Å². The maximum atomic E-state index is 12.1. The molecule has 1 N–H and O–H groups in total. The Kier molecular flexibility index (Phi) is 4.98. The van der Waals surface area contributed by atoms with Crippen molar-refractivity contribution in [2.45, 2.75) is 37.0 Å². The van der Waals surface area contributed by atoms with Gasteiger partial charge in [0, 0.05) is 5.75 Å². The summed E-state index contributed by atoms with van der Waals surface area (Å²) in [5, 5.41) is 10.4. The molecule has 2 atom stereocenters. The van der Waals surface area contributed by atoms with Gasteiger partial charge < -0.3 is 5.11 Å². The Morgan fingerprint density at radius 3 is 2.17 bits per heavy atom. The zero-order valence-corrected chi connectivity index (χ0v) is 13.3. The maximum Gasteiger partial charge on any atom is 0.168 e. The molecule has 0 fully saturated rings. The smallest absolute Gasteiger partial charge is 0.168 e. The van der Waals surface area contributed by atoms with E-state index in [1.54, 1.807) is 26.0 Å². The van der Waals surface area contributed by atoms with Crippen molar-refractivity contribution in [3.63, 3.8) is 0 Å². The molecule has 0 spiro atoms. The lowest BCUT2D eigenvalue weighted by Crippen LogP contribution is -2.39. The average molecular weight is 335 g/mol. The Balaban J connectivity index is 3.21. The summed E-state index contributed by atoms with van der Waals surface area (Å²) in [6, 6.07) is 7.24. The molecule has 1 aromatic rings. The molecule has 0 aromatic heterocycles. The summed E-state index contributed by atoms with van der Waals surface area (Å²) in [6.07, 6.45) is -0.772. The highest BCUT2D eigenvalue weighted by Crippen LogP contribution is 2.41. The maximum absolute atomic E-state index is 12.1. The van der Waals surface area contributed by atoms with Crippen molar-refractivity contribution in [1.82, 2.24) is 0 Å². The van der Waals surface area contributed by atoms with Gasteiger partial charge in [0.1, 0.15) is 6.10 Å². The van der Waals surface area contributed by atoms with Gasteiger partial charge in [-0.25, -0.2) is 8.42 Å². The molecule has 102 valence electrons. The number of aliphatic hydroxyl groups is 1. The van der Waals surface area contributed by atoms with Crippen LogP contribution in [0.4, 0.5) is 0 Å². The van der Waals surface area contributed by atoms with Gasteiger partial charge in [-0.15, -0.1) is 0 Å². The predicted molar refractivity (Wildman–Crippen MR) is 77.5 cm³/mol. The molecular formula is C13H19BrO3S. The lowest BCUT2D eigenvalue weighted by Gasteiger charge is -2.31. The number of rotatable bonds is 5. The van der Waals surface area contributed by atoms with Crippen molar-refractivity contribution in [3.8, 4) is 0 Å². The molecule has 0 aliphatic carbocycles. The number of sulfone groups is 1. The monoisotopic (exact) mass is 334 g/mol. The Labute approximate surface area is 117 Å². The van der Waals surface area contributed by atoms with Gasteiger partial charge in [0.25, 0.3) is 0 Å². The van der Waals surface area contributed by atoms with E-state index < -0.39 is 19.6 Å². The van der Waals surface area contributed by atoms with Gasteiger partial charge in [-0.05, 0) is 18.9 Å². The highest BCUT2D eigenvalue weighted by molar-refractivity contribution is 9.11. The topological polar surface area (TPSA) is 54.4 Å². The number of halogens is 1. The molecule has 0 radical (unpaired) electrons. The predicted octanol–water partition coefficient (Wildman–Crippen LogP) is 2.96. The molecule has 1 aromatic carbocycles. The van der Waals surface area contributed by atoms with Gasteiger partial charge in [0.15, 0.2) is 13.5 Å². The summed E-state index contributed by atoms with van der Waals surface area (Å²) in [6.45, 7) is 5.28.